The van der Waals surface area contributed by atoms with Crippen LogP contribution >= 0.6 is 22.6 Å². The Morgan fingerprint density at radius 1 is 0.403 bits per heavy atom. The highest BCUT2D eigenvalue weighted by molar-refractivity contribution is 14.1. The summed E-state index contributed by atoms with van der Waals surface area (Å²) in [6, 6.07) is 81.5. The Balaban J connectivity index is 0.842. The van der Waals surface area contributed by atoms with Crippen LogP contribution in [0.2, 0.25) is 0 Å². The molecule has 10 aromatic rings. The number of benzene rings is 9. The molecular weight excluding hydrogens is 924 g/mol. The lowest BCUT2D eigenvalue weighted by Gasteiger charge is -2.69. The fraction of sp³-hybridized carbons (Fsp3) is 0.156. The molecule has 4 saturated carbocycles. The van der Waals surface area contributed by atoms with Crippen LogP contribution in [0.25, 0.3) is 72.0 Å². The van der Waals surface area contributed by atoms with E-state index in [2.05, 4.69) is 250 Å². The number of nitrogens with zero attached hydrogens (tertiary/aromatic N) is 2. The van der Waals surface area contributed by atoms with Gasteiger partial charge in [-0.3, -0.25) is 0 Å². The lowest BCUT2D eigenvalue weighted by molar-refractivity contribution is -0.113. The molecule has 0 N–H and O–H groups in total. The first-order chi connectivity index (χ1) is 33.1. The maximum atomic E-state index is 2.88. The molecule has 67 heavy (non-hydrogen) atoms. The summed E-state index contributed by atoms with van der Waals surface area (Å²) in [6.45, 7) is 0. The van der Waals surface area contributed by atoms with E-state index in [4.69, 9.17) is 0 Å². The maximum Gasteiger partial charge on any atom is 0.0541 e. The van der Waals surface area contributed by atoms with Crippen molar-refractivity contribution in [3.63, 3.8) is 0 Å². The third kappa shape index (κ3) is 5.86. The molecule has 5 aliphatic carbocycles. The van der Waals surface area contributed by atoms with Crippen LogP contribution in [0.15, 0.2) is 218 Å². The third-order valence-corrected chi connectivity index (χ3v) is 17.9. The van der Waals surface area contributed by atoms with E-state index in [-0.39, 0.29) is 5.41 Å². The second kappa shape index (κ2) is 15.2. The van der Waals surface area contributed by atoms with Crippen molar-refractivity contribution in [2.45, 2.75) is 41.4 Å². The van der Waals surface area contributed by atoms with Crippen molar-refractivity contribution in [3.8, 4) is 50.2 Å². The number of para-hydroxylation sites is 2. The highest BCUT2D eigenvalue weighted by atomic mass is 127. The summed E-state index contributed by atoms with van der Waals surface area (Å²) in [7, 11) is 0. The molecule has 3 bridgehead atoms. The minimum absolute atomic E-state index is 0.111. The van der Waals surface area contributed by atoms with Crippen molar-refractivity contribution < 1.29 is 0 Å². The molecule has 0 saturated heterocycles. The Kier molecular flexibility index (Phi) is 8.94. The van der Waals surface area contributed by atoms with Gasteiger partial charge < -0.3 is 9.47 Å². The number of alkyl halides is 1. The summed E-state index contributed by atoms with van der Waals surface area (Å²) < 4.78 is 3.00. The van der Waals surface area contributed by atoms with Crippen LogP contribution in [0.5, 0.6) is 0 Å². The molecule has 3 heteroatoms. The van der Waals surface area contributed by atoms with Crippen molar-refractivity contribution in [1.29, 1.82) is 0 Å². The Labute approximate surface area is 406 Å². The zero-order valence-electron chi connectivity index (χ0n) is 37.3. The number of rotatable bonds is 7. The van der Waals surface area contributed by atoms with Crippen molar-refractivity contribution >= 4 is 61.5 Å². The van der Waals surface area contributed by atoms with E-state index in [0.717, 1.165) is 34.6 Å². The second-order valence-electron chi connectivity index (χ2n) is 19.9. The smallest absolute Gasteiger partial charge is 0.0541 e. The average Bonchev–Trinajstić information content (AvgIpc) is 3.88. The molecule has 4 fully saturated rings. The van der Waals surface area contributed by atoms with Crippen LogP contribution in [0.1, 0.15) is 43.2 Å². The van der Waals surface area contributed by atoms with Crippen LogP contribution < -0.4 is 4.90 Å². The molecule has 0 aliphatic heterocycles. The molecule has 1 aromatic heterocycles. The first-order valence-electron chi connectivity index (χ1n) is 24.2. The molecule has 322 valence electrons. The first-order valence-corrected chi connectivity index (χ1v) is 25.4. The van der Waals surface area contributed by atoms with Gasteiger partial charge in [0, 0.05) is 42.9 Å². The van der Waals surface area contributed by atoms with Gasteiger partial charge in [-0.25, -0.2) is 0 Å². The summed E-state index contributed by atoms with van der Waals surface area (Å²) in [5, 5.41) is 2.54. The molecule has 2 nitrogen and oxygen atoms in total. The zero-order valence-corrected chi connectivity index (χ0v) is 39.5. The summed E-state index contributed by atoms with van der Waals surface area (Å²) in [5.41, 5.74) is 21.0. The summed E-state index contributed by atoms with van der Waals surface area (Å²) in [6.07, 6.45) is 7.02. The summed E-state index contributed by atoms with van der Waals surface area (Å²) in [5.74, 6) is 1.83. The van der Waals surface area contributed by atoms with Crippen molar-refractivity contribution in [2.24, 2.45) is 17.3 Å². The lowest BCUT2D eigenvalue weighted by atomic mass is 9.36. The fourth-order valence-corrected chi connectivity index (χ4v) is 16.0. The molecular formula is C64H49IN2. The molecule has 3 unspecified atom stereocenters. The van der Waals surface area contributed by atoms with Crippen molar-refractivity contribution in [3.05, 3.63) is 230 Å². The minimum Gasteiger partial charge on any atom is -0.311 e. The van der Waals surface area contributed by atoms with Gasteiger partial charge in [0.2, 0.25) is 0 Å². The van der Waals surface area contributed by atoms with Crippen LogP contribution in [0, 0.1) is 17.3 Å². The highest BCUT2D eigenvalue weighted by Gasteiger charge is 2.69. The minimum atomic E-state index is 0.111. The van der Waals surface area contributed by atoms with Gasteiger partial charge in [0.1, 0.15) is 0 Å². The predicted octanol–water partition coefficient (Wildman–Crippen LogP) is 17.5. The Hall–Kier alpha value is -6.69. The first kappa shape index (κ1) is 39.5. The molecule has 5 aliphatic rings. The van der Waals surface area contributed by atoms with Gasteiger partial charge in [0.25, 0.3) is 0 Å². The van der Waals surface area contributed by atoms with E-state index in [1.54, 1.807) is 11.1 Å². The van der Waals surface area contributed by atoms with Gasteiger partial charge in [-0.1, -0.05) is 174 Å². The largest absolute Gasteiger partial charge is 0.311 e. The molecule has 0 radical (unpaired) electrons. The van der Waals surface area contributed by atoms with Crippen molar-refractivity contribution in [1.82, 2.24) is 4.57 Å². The van der Waals surface area contributed by atoms with E-state index in [0.29, 0.717) is 9.34 Å². The highest BCUT2D eigenvalue weighted by Crippen LogP contribution is 2.76. The SMILES string of the molecule is IC1CC2CC3CC(C2)(C3)C12c1ccccc1-c1cc(-c3ccccc3-c3ccc(N(c4ccc(-c5ccccc5)cc4)c4ccc(-n5c6ccccc6c6ccccc65)cc4)cc3)ccc12. The monoisotopic (exact) mass is 972 g/mol. The average molecular weight is 973 g/mol. The van der Waals surface area contributed by atoms with Gasteiger partial charge in [-0.05, 0) is 172 Å². The molecule has 9 aromatic carbocycles. The summed E-state index contributed by atoms with van der Waals surface area (Å²) >= 11 is 2.88. The number of anilines is 3. The molecule has 3 atom stereocenters. The zero-order chi connectivity index (χ0) is 44.3. The molecule has 1 heterocycles. The molecule has 2 spiro atoms. The quantitative estimate of drug-likeness (QED) is 0.114. The maximum absolute atomic E-state index is 2.88. The van der Waals surface area contributed by atoms with E-state index in [1.807, 2.05) is 0 Å². The Morgan fingerprint density at radius 2 is 0.896 bits per heavy atom. The van der Waals surface area contributed by atoms with Crippen LogP contribution in [0.3, 0.4) is 0 Å². The van der Waals surface area contributed by atoms with E-state index in [9.17, 15) is 0 Å². The van der Waals surface area contributed by atoms with Crippen LogP contribution in [-0.2, 0) is 5.41 Å². The van der Waals surface area contributed by atoms with Crippen LogP contribution in [-0.4, -0.2) is 8.49 Å². The topological polar surface area (TPSA) is 8.17 Å². The van der Waals surface area contributed by atoms with Gasteiger partial charge >= 0.3 is 0 Å². The molecule has 0 amide bonds. The number of fused-ring (bicyclic) bond motifs is 8. The summed E-state index contributed by atoms with van der Waals surface area (Å²) in [4.78, 5) is 2.39. The number of halogens is 1. The standard InChI is InChI=1S/C64H49IN2/c65-62-37-42-36-43-40-63(39-42,41-43)64(62)58-19-9-6-16-54(58)57-38-47(26-35-59(57)64)53-15-5-4-14-52(53)46-24-29-49(30-25-46)66(48-27-22-45(23-28-48)44-12-2-1-3-13-44)50-31-33-51(34-32-50)67-60-20-10-7-17-55(60)56-18-8-11-21-61(56)67/h1-35,38,42-43,62H,36-37,39-41H2. The third-order valence-electron chi connectivity index (χ3n) is 16.5. The van der Waals surface area contributed by atoms with Gasteiger partial charge in [0.15, 0.2) is 0 Å². The van der Waals surface area contributed by atoms with Gasteiger partial charge in [-0.2, -0.15) is 0 Å². The van der Waals surface area contributed by atoms with Crippen LogP contribution in [0.4, 0.5) is 17.1 Å². The Bertz CT molecular complexity index is 3470. The van der Waals surface area contributed by atoms with E-state index >= 15 is 0 Å². The molecule has 15 rings (SSSR count). The normalized spacial score (nSPS) is 22.1. The second-order valence-corrected chi connectivity index (χ2v) is 21.4. The van der Waals surface area contributed by atoms with Gasteiger partial charge in [-0.15, -0.1) is 0 Å². The van der Waals surface area contributed by atoms with E-state index in [1.165, 1.54) is 98.4 Å². The number of aromatic nitrogens is 1. The lowest BCUT2D eigenvalue weighted by Crippen LogP contribution is -2.64. The fourth-order valence-electron chi connectivity index (χ4n) is 14.0. The van der Waals surface area contributed by atoms with E-state index < -0.39 is 0 Å². The predicted molar refractivity (Wildman–Crippen MR) is 288 cm³/mol. The number of hydrogen-bond acceptors (Lipinski definition) is 1. The van der Waals surface area contributed by atoms with Gasteiger partial charge in [0.05, 0.1) is 11.0 Å². The Morgan fingerprint density at radius 3 is 1.57 bits per heavy atom. The number of hydrogen-bond donors (Lipinski definition) is 0. The van der Waals surface area contributed by atoms with Crippen molar-refractivity contribution in [2.75, 3.05) is 4.90 Å².